The maximum atomic E-state index is 12.2. The highest BCUT2D eigenvalue weighted by Gasteiger charge is 2.24. The van der Waals surface area contributed by atoms with Crippen LogP contribution < -0.4 is 0 Å². The van der Waals surface area contributed by atoms with E-state index in [0.29, 0.717) is 0 Å². The molecule has 1 aliphatic rings. The second kappa shape index (κ2) is 5.20. The van der Waals surface area contributed by atoms with Gasteiger partial charge in [-0.05, 0) is 32.3 Å². The minimum absolute atomic E-state index is 0.00902. The number of piperidine rings is 1. The number of amides is 1. The van der Waals surface area contributed by atoms with E-state index in [-0.39, 0.29) is 11.6 Å². The Morgan fingerprint density at radius 3 is 2.56 bits per heavy atom. The van der Waals surface area contributed by atoms with E-state index in [1.54, 1.807) is 6.92 Å². The Balaban J connectivity index is 2.06. The summed E-state index contributed by atoms with van der Waals surface area (Å²) >= 11 is 0. The molecule has 1 N–H and O–H groups in total. The average Bonchev–Trinajstić information content (AvgIpc) is 2.88. The molecule has 0 bridgehead atoms. The van der Waals surface area contributed by atoms with Gasteiger partial charge in [-0.15, -0.1) is 0 Å². The van der Waals surface area contributed by atoms with E-state index in [0.717, 1.165) is 25.9 Å². The molecule has 98 valence electrons. The summed E-state index contributed by atoms with van der Waals surface area (Å²) < 4.78 is 1.42. The van der Waals surface area contributed by atoms with Crippen molar-refractivity contribution in [1.29, 1.82) is 0 Å². The number of rotatable bonds is 3. The standard InChI is InChI=1S/C12H17N3O3/c1-9(11(16)14-6-3-2-4-7-14)15-8-5-10(13-15)12(17)18/h5,8-9H,2-4,6-7H2,1H3,(H,17,18). The third-order valence-electron chi connectivity index (χ3n) is 3.25. The van der Waals surface area contributed by atoms with E-state index in [1.165, 1.54) is 23.4 Å². The highest BCUT2D eigenvalue weighted by atomic mass is 16.4. The summed E-state index contributed by atoms with van der Waals surface area (Å²) in [4.78, 5) is 24.8. The first-order valence-corrected chi connectivity index (χ1v) is 6.17. The molecular weight excluding hydrogens is 234 g/mol. The zero-order valence-electron chi connectivity index (χ0n) is 10.4. The van der Waals surface area contributed by atoms with Crippen LogP contribution in [0.4, 0.5) is 0 Å². The molecule has 1 aromatic heterocycles. The highest BCUT2D eigenvalue weighted by molar-refractivity contribution is 5.85. The van der Waals surface area contributed by atoms with Crippen molar-refractivity contribution in [1.82, 2.24) is 14.7 Å². The molecule has 6 nitrogen and oxygen atoms in total. The minimum atomic E-state index is -1.08. The normalized spacial score (nSPS) is 17.5. The maximum absolute atomic E-state index is 12.2. The van der Waals surface area contributed by atoms with Crippen molar-refractivity contribution < 1.29 is 14.7 Å². The summed E-state index contributed by atoms with van der Waals surface area (Å²) in [5.41, 5.74) is -0.0340. The fourth-order valence-electron chi connectivity index (χ4n) is 2.16. The van der Waals surface area contributed by atoms with Crippen molar-refractivity contribution in [3.63, 3.8) is 0 Å². The van der Waals surface area contributed by atoms with Crippen LogP contribution in [0.5, 0.6) is 0 Å². The first-order valence-electron chi connectivity index (χ1n) is 6.17. The predicted octanol–water partition coefficient (Wildman–Crippen LogP) is 1.15. The smallest absolute Gasteiger partial charge is 0.356 e. The fraction of sp³-hybridized carbons (Fsp3) is 0.583. The van der Waals surface area contributed by atoms with Crippen LogP contribution >= 0.6 is 0 Å². The number of aromatic nitrogens is 2. The molecule has 0 saturated carbocycles. The second-order valence-electron chi connectivity index (χ2n) is 4.55. The molecule has 0 spiro atoms. The van der Waals surface area contributed by atoms with Crippen LogP contribution in [-0.4, -0.2) is 44.8 Å². The maximum Gasteiger partial charge on any atom is 0.356 e. The highest BCUT2D eigenvalue weighted by Crippen LogP contribution is 2.15. The van der Waals surface area contributed by atoms with Gasteiger partial charge in [-0.25, -0.2) is 4.79 Å². The van der Waals surface area contributed by atoms with E-state index in [4.69, 9.17) is 5.11 Å². The zero-order chi connectivity index (χ0) is 13.1. The first kappa shape index (κ1) is 12.6. The molecular formula is C12H17N3O3. The van der Waals surface area contributed by atoms with Crippen LogP contribution in [0, 0.1) is 0 Å². The van der Waals surface area contributed by atoms with Gasteiger partial charge in [-0.3, -0.25) is 9.48 Å². The van der Waals surface area contributed by atoms with Crippen molar-refractivity contribution in [2.45, 2.75) is 32.2 Å². The van der Waals surface area contributed by atoms with Gasteiger partial charge in [0.1, 0.15) is 6.04 Å². The van der Waals surface area contributed by atoms with Crippen molar-refractivity contribution >= 4 is 11.9 Å². The fourth-order valence-corrected chi connectivity index (χ4v) is 2.16. The number of carboxylic acid groups (broad SMARTS) is 1. The molecule has 1 unspecified atom stereocenters. The summed E-state index contributed by atoms with van der Waals surface area (Å²) in [5, 5.41) is 12.7. The van der Waals surface area contributed by atoms with Crippen molar-refractivity contribution in [2.24, 2.45) is 0 Å². The van der Waals surface area contributed by atoms with Crippen LogP contribution in [0.15, 0.2) is 12.3 Å². The molecule has 2 rings (SSSR count). The quantitative estimate of drug-likeness (QED) is 0.874. The molecule has 1 saturated heterocycles. The third-order valence-corrected chi connectivity index (χ3v) is 3.25. The largest absolute Gasteiger partial charge is 0.476 e. The van der Waals surface area contributed by atoms with E-state index >= 15 is 0 Å². The molecule has 0 aromatic carbocycles. The van der Waals surface area contributed by atoms with Gasteiger partial charge in [0.05, 0.1) is 0 Å². The third kappa shape index (κ3) is 2.52. The Kier molecular flexibility index (Phi) is 3.64. The van der Waals surface area contributed by atoms with E-state index in [9.17, 15) is 9.59 Å². The summed E-state index contributed by atoms with van der Waals surface area (Å²) in [5.74, 6) is -1.07. The Morgan fingerprint density at radius 2 is 2.00 bits per heavy atom. The number of carbonyl (C=O) groups excluding carboxylic acids is 1. The van der Waals surface area contributed by atoms with Gasteiger partial charge in [-0.1, -0.05) is 0 Å². The molecule has 6 heteroatoms. The molecule has 1 atom stereocenters. The topological polar surface area (TPSA) is 75.4 Å². The summed E-state index contributed by atoms with van der Waals surface area (Å²) in [6.07, 6.45) is 4.79. The van der Waals surface area contributed by atoms with Gasteiger partial charge in [-0.2, -0.15) is 5.10 Å². The van der Waals surface area contributed by atoms with Gasteiger partial charge >= 0.3 is 5.97 Å². The summed E-state index contributed by atoms with van der Waals surface area (Å²) in [7, 11) is 0. The molecule has 1 aliphatic heterocycles. The van der Waals surface area contributed by atoms with Gasteiger partial charge in [0.2, 0.25) is 5.91 Å². The lowest BCUT2D eigenvalue weighted by Crippen LogP contribution is -2.39. The number of carbonyl (C=O) groups is 2. The zero-order valence-corrected chi connectivity index (χ0v) is 10.4. The second-order valence-corrected chi connectivity index (χ2v) is 4.55. The average molecular weight is 251 g/mol. The number of carboxylic acids is 1. The minimum Gasteiger partial charge on any atom is -0.476 e. The van der Waals surface area contributed by atoms with Crippen LogP contribution in [0.1, 0.15) is 42.7 Å². The lowest BCUT2D eigenvalue weighted by atomic mass is 10.1. The molecule has 18 heavy (non-hydrogen) atoms. The monoisotopic (exact) mass is 251 g/mol. The molecule has 0 radical (unpaired) electrons. The van der Waals surface area contributed by atoms with Crippen LogP contribution in [0.25, 0.3) is 0 Å². The summed E-state index contributed by atoms with van der Waals surface area (Å²) in [6, 6.07) is 0.957. The van der Waals surface area contributed by atoms with E-state index in [2.05, 4.69) is 5.10 Å². The SMILES string of the molecule is CC(C(=O)N1CCCCC1)n1ccc(C(=O)O)n1. The lowest BCUT2D eigenvalue weighted by Gasteiger charge is -2.29. The van der Waals surface area contributed by atoms with Gasteiger partial charge in [0.25, 0.3) is 0 Å². The first-order chi connectivity index (χ1) is 8.59. The Hall–Kier alpha value is -1.85. The van der Waals surface area contributed by atoms with Crippen LogP contribution in [0.2, 0.25) is 0 Å². The molecule has 0 aliphatic carbocycles. The van der Waals surface area contributed by atoms with Crippen molar-refractivity contribution in [2.75, 3.05) is 13.1 Å². The van der Waals surface area contributed by atoms with Gasteiger partial charge in [0.15, 0.2) is 5.69 Å². The van der Waals surface area contributed by atoms with E-state index in [1.807, 2.05) is 4.90 Å². The predicted molar refractivity (Wildman–Crippen MR) is 64.3 cm³/mol. The van der Waals surface area contributed by atoms with Gasteiger partial charge in [0, 0.05) is 19.3 Å². The van der Waals surface area contributed by atoms with Crippen LogP contribution in [0.3, 0.4) is 0 Å². The van der Waals surface area contributed by atoms with Gasteiger partial charge < -0.3 is 10.0 Å². The van der Waals surface area contributed by atoms with E-state index < -0.39 is 12.0 Å². The molecule has 1 amide bonds. The molecule has 2 heterocycles. The Morgan fingerprint density at radius 1 is 1.33 bits per heavy atom. The molecule has 1 fully saturated rings. The lowest BCUT2D eigenvalue weighted by molar-refractivity contribution is -0.135. The Bertz CT molecular complexity index is 449. The number of hydrogen-bond acceptors (Lipinski definition) is 3. The summed E-state index contributed by atoms with van der Waals surface area (Å²) in [6.45, 7) is 3.32. The van der Waals surface area contributed by atoms with Crippen LogP contribution in [-0.2, 0) is 4.79 Å². The van der Waals surface area contributed by atoms with Crippen molar-refractivity contribution in [3.8, 4) is 0 Å². The number of hydrogen-bond donors (Lipinski definition) is 1. The number of aromatic carboxylic acids is 1. The number of nitrogens with zero attached hydrogens (tertiary/aromatic N) is 3. The van der Waals surface area contributed by atoms with Crippen molar-refractivity contribution in [3.05, 3.63) is 18.0 Å². The Labute approximate surface area is 105 Å². The molecule has 1 aromatic rings. The number of likely N-dealkylation sites (tertiary alicyclic amines) is 1.